The van der Waals surface area contributed by atoms with Gasteiger partial charge in [-0.05, 0) is 43.0 Å². The molecule has 0 saturated heterocycles. The van der Waals surface area contributed by atoms with Crippen molar-refractivity contribution in [1.82, 2.24) is 15.3 Å². The number of nitrogens with one attached hydrogen (secondary N) is 2. The summed E-state index contributed by atoms with van der Waals surface area (Å²) in [5.74, 6) is -3.21. The van der Waals surface area contributed by atoms with Gasteiger partial charge in [0, 0.05) is 11.1 Å². The van der Waals surface area contributed by atoms with Crippen LogP contribution in [0, 0.1) is 18.6 Å². The molecule has 6 nitrogen and oxygen atoms in total. The average molecular weight is 394 g/mol. The van der Waals surface area contributed by atoms with E-state index in [-0.39, 0.29) is 11.7 Å². The summed E-state index contributed by atoms with van der Waals surface area (Å²) in [5.41, 5.74) is 1.72. The van der Waals surface area contributed by atoms with Crippen LogP contribution in [0.25, 0.3) is 11.3 Å². The molecule has 29 heavy (non-hydrogen) atoms. The summed E-state index contributed by atoms with van der Waals surface area (Å²) < 4.78 is 27.4. The first-order chi connectivity index (χ1) is 13.9. The van der Waals surface area contributed by atoms with Gasteiger partial charge in [-0.25, -0.2) is 13.8 Å². The molecule has 0 unspecified atom stereocenters. The van der Waals surface area contributed by atoms with Gasteiger partial charge < -0.3 is 10.6 Å². The maximum absolute atomic E-state index is 13.7. The quantitative estimate of drug-likeness (QED) is 0.688. The number of carbonyl (C=O) groups is 2. The van der Waals surface area contributed by atoms with E-state index < -0.39 is 23.1 Å². The number of anilines is 1. The van der Waals surface area contributed by atoms with E-state index in [1.54, 1.807) is 18.2 Å². The van der Waals surface area contributed by atoms with Crippen molar-refractivity contribution in [2.45, 2.75) is 6.92 Å². The summed E-state index contributed by atoms with van der Waals surface area (Å²) in [5, 5.41) is 4.81. The molecule has 0 spiro atoms. The van der Waals surface area contributed by atoms with E-state index >= 15 is 0 Å². The molecule has 0 atom stereocenters. The van der Waals surface area contributed by atoms with Gasteiger partial charge in [0.15, 0.2) is 5.82 Å². The molecule has 0 fully saturated rings. The fraction of sp³-hybridized carbons (Fsp3) is 0.0476. The van der Waals surface area contributed by atoms with Crippen molar-refractivity contribution in [1.29, 1.82) is 0 Å². The zero-order chi connectivity index (χ0) is 21.0. The van der Waals surface area contributed by atoms with Gasteiger partial charge in [-0.3, -0.25) is 14.6 Å². The van der Waals surface area contributed by atoms with E-state index in [4.69, 9.17) is 0 Å². The van der Waals surface area contributed by atoms with Crippen LogP contribution >= 0.6 is 0 Å². The molecule has 0 aliphatic rings. The monoisotopic (exact) mass is 394 g/mol. The molecule has 0 radical (unpaired) electrons. The zero-order valence-electron chi connectivity index (χ0n) is 15.4. The number of rotatable bonds is 5. The Balaban J connectivity index is 1.84. The highest BCUT2D eigenvalue weighted by molar-refractivity contribution is 6.04. The molecule has 0 aliphatic heterocycles. The lowest BCUT2D eigenvalue weighted by atomic mass is 10.0. The zero-order valence-corrected chi connectivity index (χ0v) is 15.4. The first kappa shape index (κ1) is 19.8. The summed E-state index contributed by atoms with van der Waals surface area (Å²) in [4.78, 5) is 32.4. The molecule has 2 N–H and O–H groups in total. The van der Waals surface area contributed by atoms with Crippen molar-refractivity contribution in [3.8, 4) is 11.3 Å². The Kier molecular flexibility index (Phi) is 5.73. The first-order valence-corrected chi connectivity index (χ1v) is 8.51. The number of halogens is 2. The molecular weight excluding hydrogens is 378 g/mol. The molecule has 1 heterocycles. The van der Waals surface area contributed by atoms with Crippen molar-refractivity contribution in [2.24, 2.45) is 0 Å². The number of amides is 2. The van der Waals surface area contributed by atoms with Crippen molar-refractivity contribution >= 4 is 17.6 Å². The lowest BCUT2D eigenvalue weighted by Gasteiger charge is -2.09. The minimum atomic E-state index is -0.975. The van der Waals surface area contributed by atoms with Crippen LogP contribution in [0.15, 0.2) is 61.6 Å². The van der Waals surface area contributed by atoms with Gasteiger partial charge in [0.2, 0.25) is 0 Å². The van der Waals surface area contributed by atoms with E-state index in [2.05, 4.69) is 27.2 Å². The van der Waals surface area contributed by atoms with Crippen molar-refractivity contribution in [2.75, 3.05) is 5.32 Å². The smallest absolute Gasteiger partial charge is 0.262 e. The van der Waals surface area contributed by atoms with E-state index in [1.165, 1.54) is 24.7 Å². The molecule has 3 aromatic rings. The van der Waals surface area contributed by atoms with E-state index in [0.717, 1.165) is 17.7 Å². The number of benzene rings is 2. The third-order valence-electron chi connectivity index (χ3n) is 4.09. The second-order valence-electron chi connectivity index (χ2n) is 6.04. The number of hydrogen-bond donors (Lipinski definition) is 2. The van der Waals surface area contributed by atoms with Crippen molar-refractivity contribution < 1.29 is 18.4 Å². The minimum absolute atomic E-state index is 0.0274. The Hall–Kier alpha value is -3.94. The molecule has 0 aliphatic carbocycles. The number of carbonyl (C=O) groups excluding carboxylic acids is 2. The molecular formula is C21H16F2N4O2. The fourth-order valence-electron chi connectivity index (χ4n) is 2.64. The van der Waals surface area contributed by atoms with Crippen LogP contribution in [0.3, 0.4) is 0 Å². The second-order valence-corrected chi connectivity index (χ2v) is 6.04. The van der Waals surface area contributed by atoms with Crippen LogP contribution < -0.4 is 10.6 Å². The standard InChI is InChI=1S/C21H16F2N4O2/c1-3-24-20(28)13-8-7-12(2)14(9-13)17-10-26-18(11-25-17)27-21(29)19-15(22)5-4-6-16(19)23/h3-11H,1H2,2H3,(H,24,28)(H,26,27,29). The third kappa shape index (κ3) is 4.32. The summed E-state index contributed by atoms with van der Waals surface area (Å²) >= 11 is 0. The maximum Gasteiger partial charge on any atom is 0.262 e. The normalized spacial score (nSPS) is 10.3. The SMILES string of the molecule is C=CNC(=O)c1ccc(C)c(-c2cnc(NC(=O)c3c(F)cccc3F)cn2)c1. The number of aromatic nitrogens is 2. The Bertz CT molecular complexity index is 1080. The highest BCUT2D eigenvalue weighted by Crippen LogP contribution is 2.23. The Morgan fingerprint density at radius 2 is 1.76 bits per heavy atom. The van der Waals surface area contributed by atoms with Crippen LogP contribution in [0.4, 0.5) is 14.6 Å². The van der Waals surface area contributed by atoms with Gasteiger partial charge in [-0.2, -0.15) is 0 Å². The van der Waals surface area contributed by atoms with Crippen molar-refractivity contribution in [3.63, 3.8) is 0 Å². The fourth-order valence-corrected chi connectivity index (χ4v) is 2.64. The van der Waals surface area contributed by atoms with Gasteiger partial charge in [0.05, 0.1) is 18.1 Å². The van der Waals surface area contributed by atoms with E-state index in [1.807, 2.05) is 6.92 Å². The van der Waals surface area contributed by atoms with Crippen molar-refractivity contribution in [3.05, 3.63) is 89.9 Å². The third-order valence-corrected chi connectivity index (χ3v) is 4.09. The molecule has 1 aromatic heterocycles. The Morgan fingerprint density at radius 3 is 2.38 bits per heavy atom. The molecule has 0 bridgehead atoms. The molecule has 0 saturated carbocycles. The lowest BCUT2D eigenvalue weighted by Crippen LogP contribution is -2.17. The molecule has 2 aromatic carbocycles. The predicted molar refractivity (Wildman–Crippen MR) is 104 cm³/mol. The van der Waals surface area contributed by atoms with Crippen LogP contribution in [0.2, 0.25) is 0 Å². The van der Waals surface area contributed by atoms with Crippen LogP contribution in [-0.2, 0) is 0 Å². The van der Waals surface area contributed by atoms with Crippen LogP contribution in [0.5, 0.6) is 0 Å². The average Bonchev–Trinajstić information content (AvgIpc) is 2.69. The highest BCUT2D eigenvalue weighted by atomic mass is 19.1. The predicted octanol–water partition coefficient (Wildman–Crippen LogP) is 3.86. The second kappa shape index (κ2) is 8.39. The van der Waals surface area contributed by atoms with Gasteiger partial charge >= 0.3 is 0 Å². The molecule has 2 amide bonds. The summed E-state index contributed by atoms with van der Waals surface area (Å²) in [6, 6.07) is 8.25. The maximum atomic E-state index is 13.7. The van der Waals surface area contributed by atoms with Gasteiger partial charge in [0.25, 0.3) is 11.8 Å². The van der Waals surface area contributed by atoms with Gasteiger partial charge in [-0.15, -0.1) is 0 Å². The minimum Gasteiger partial charge on any atom is -0.329 e. The lowest BCUT2D eigenvalue weighted by molar-refractivity contribution is 0.0968. The molecule has 8 heteroatoms. The van der Waals surface area contributed by atoms with Gasteiger partial charge in [-0.1, -0.05) is 18.7 Å². The van der Waals surface area contributed by atoms with Crippen LogP contribution in [0.1, 0.15) is 26.3 Å². The van der Waals surface area contributed by atoms with E-state index in [9.17, 15) is 18.4 Å². The summed E-state index contributed by atoms with van der Waals surface area (Å²) in [7, 11) is 0. The largest absolute Gasteiger partial charge is 0.329 e. The molecule has 146 valence electrons. The Labute approximate surface area is 165 Å². The molecule has 3 rings (SSSR count). The van der Waals surface area contributed by atoms with Gasteiger partial charge in [0.1, 0.15) is 17.2 Å². The topological polar surface area (TPSA) is 84.0 Å². The van der Waals surface area contributed by atoms with Crippen LogP contribution in [-0.4, -0.2) is 21.8 Å². The highest BCUT2D eigenvalue weighted by Gasteiger charge is 2.18. The van der Waals surface area contributed by atoms with E-state index in [0.29, 0.717) is 16.8 Å². The Morgan fingerprint density at radius 1 is 1.03 bits per heavy atom. The first-order valence-electron chi connectivity index (χ1n) is 8.51. The summed E-state index contributed by atoms with van der Waals surface area (Å²) in [6.07, 6.45) is 3.95. The summed E-state index contributed by atoms with van der Waals surface area (Å²) in [6.45, 7) is 5.30. The number of hydrogen-bond acceptors (Lipinski definition) is 4. The number of aryl methyl sites for hydroxylation is 1. The number of nitrogens with zero attached hydrogens (tertiary/aromatic N) is 2.